The molecular formula is C18H14F3N3O4. The van der Waals surface area contributed by atoms with Crippen molar-refractivity contribution in [1.82, 2.24) is 10.2 Å². The Hall–Kier alpha value is -3.56. The van der Waals surface area contributed by atoms with Crippen LogP contribution in [-0.4, -0.2) is 29.8 Å². The fourth-order valence-electron chi connectivity index (χ4n) is 2.17. The van der Waals surface area contributed by atoms with Gasteiger partial charge in [-0.1, -0.05) is 5.10 Å². The Labute approximate surface area is 157 Å². The van der Waals surface area contributed by atoms with Gasteiger partial charge in [0.2, 0.25) is 5.89 Å². The predicted molar refractivity (Wildman–Crippen MR) is 91.9 cm³/mol. The zero-order valence-electron chi connectivity index (χ0n) is 14.5. The monoisotopic (exact) mass is 393 g/mol. The van der Waals surface area contributed by atoms with Crippen molar-refractivity contribution in [3.63, 3.8) is 0 Å². The summed E-state index contributed by atoms with van der Waals surface area (Å²) in [6.07, 6.45) is -4.43. The maximum atomic E-state index is 12.6. The van der Waals surface area contributed by atoms with Crippen LogP contribution in [0.5, 0.6) is 11.5 Å². The van der Waals surface area contributed by atoms with Crippen LogP contribution in [0.1, 0.15) is 5.56 Å². The third-order valence-electron chi connectivity index (χ3n) is 3.56. The Morgan fingerprint density at radius 1 is 1.04 bits per heavy atom. The highest BCUT2D eigenvalue weighted by molar-refractivity contribution is 5.89. The fraction of sp³-hybridized carbons (Fsp3) is 0.167. The number of ether oxygens (including phenoxy) is 2. The molecule has 1 N–H and O–H groups in total. The largest absolute Gasteiger partial charge is 0.497 e. The Bertz CT molecular complexity index is 938. The molecule has 1 amide bonds. The minimum absolute atomic E-state index is 0.0277. The molecule has 0 spiro atoms. The number of alkyl halides is 3. The first-order valence-corrected chi connectivity index (χ1v) is 7.93. The minimum Gasteiger partial charge on any atom is -0.497 e. The smallest absolute Gasteiger partial charge is 0.416 e. The number of carbonyl (C=O) groups excluding carboxylic acids is 1. The summed E-state index contributed by atoms with van der Waals surface area (Å²) in [5.41, 5.74) is -0.504. The lowest BCUT2D eigenvalue weighted by Crippen LogP contribution is -2.20. The maximum absolute atomic E-state index is 12.6. The van der Waals surface area contributed by atoms with Gasteiger partial charge in [0.15, 0.2) is 6.61 Å². The normalized spacial score (nSPS) is 11.1. The lowest BCUT2D eigenvalue weighted by Gasteiger charge is -2.06. The SMILES string of the molecule is COc1ccc(OCC(=O)Nc2nnc(-c3ccc(C(F)(F)F)cc3)o2)cc1. The van der Waals surface area contributed by atoms with Gasteiger partial charge in [0.25, 0.3) is 5.91 Å². The van der Waals surface area contributed by atoms with Crippen LogP contribution in [0.25, 0.3) is 11.5 Å². The Kier molecular flexibility index (Phi) is 5.48. The number of hydrogen-bond acceptors (Lipinski definition) is 6. The van der Waals surface area contributed by atoms with E-state index >= 15 is 0 Å². The number of benzene rings is 2. The van der Waals surface area contributed by atoms with E-state index in [4.69, 9.17) is 13.9 Å². The molecule has 0 aliphatic rings. The van der Waals surface area contributed by atoms with Gasteiger partial charge in [0, 0.05) is 5.56 Å². The van der Waals surface area contributed by atoms with Gasteiger partial charge in [0.05, 0.1) is 12.7 Å². The Morgan fingerprint density at radius 2 is 1.68 bits per heavy atom. The zero-order chi connectivity index (χ0) is 20.1. The standard InChI is InChI=1S/C18H14F3N3O4/c1-26-13-6-8-14(9-7-13)27-10-15(25)22-17-24-23-16(28-17)11-2-4-12(5-3-11)18(19,20)21/h2-9H,10H2,1H3,(H,22,24,25). The Morgan fingerprint density at radius 3 is 2.29 bits per heavy atom. The van der Waals surface area contributed by atoms with E-state index in [9.17, 15) is 18.0 Å². The van der Waals surface area contributed by atoms with Gasteiger partial charge in [-0.15, -0.1) is 5.10 Å². The molecule has 0 fully saturated rings. The average Bonchev–Trinajstić information content (AvgIpc) is 3.14. The van der Waals surface area contributed by atoms with E-state index in [2.05, 4.69) is 15.5 Å². The molecule has 28 heavy (non-hydrogen) atoms. The lowest BCUT2D eigenvalue weighted by atomic mass is 10.1. The van der Waals surface area contributed by atoms with Gasteiger partial charge in [-0.3, -0.25) is 10.1 Å². The van der Waals surface area contributed by atoms with Crippen LogP contribution < -0.4 is 14.8 Å². The van der Waals surface area contributed by atoms with E-state index in [1.807, 2.05) is 0 Å². The van der Waals surface area contributed by atoms with Crippen molar-refractivity contribution in [1.29, 1.82) is 0 Å². The summed E-state index contributed by atoms with van der Waals surface area (Å²) in [6.45, 7) is -0.301. The van der Waals surface area contributed by atoms with Crippen LogP contribution in [0.2, 0.25) is 0 Å². The van der Waals surface area contributed by atoms with Crippen molar-refractivity contribution < 1.29 is 31.9 Å². The van der Waals surface area contributed by atoms with Crippen molar-refractivity contribution in [2.45, 2.75) is 6.18 Å². The first kappa shape index (κ1) is 19.2. The number of halogens is 3. The number of hydrogen-bond donors (Lipinski definition) is 1. The topological polar surface area (TPSA) is 86.5 Å². The minimum atomic E-state index is -4.43. The molecule has 0 aliphatic carbocycles. The first-order valence-electron chi connectivity index (χ1n) is 7.93. The van der Waals surface area contributed by atoms with Crippen LogP contribution in [0.15, 0.2) is 52.9 Å². The number of anilines is 1. The zero-order valence-corrected chi connectivity index (χ0v) is 14.5. The van der Waals surface area contributed by atoms with Crippen LogP contribution in [-0.2, 0) is 11.0 Å². The molecular weight excluding hydrogens is 379 g/mol. The van der Waals surface area contributed by atoms with Gasteiger partial charge in [-0.25, -0.2) is 0 Å². The number of rotatable bonds is 6. The second kappa shape index (κ2) is 7.99. The summed E-state index contributed by atoms with van der Waals surface area (Å²) in [5, 5.41) is 9.69. The highest BCUT2D eigenvalue weighted by Gasteiger charge is 2.30. The van der Waals surface area contributed by atoms with Crippen LogP contribution >= 0.6 is 0 Å². The molecule has 3 rings (SSSR count). The quantitative estimate of drug-likeness (QED) is 0.686. The fourth-order valence-corrected chi connectivity index (χ4v) is 2.17. The highest BCUT2D eigenvalue weighted by atomic mass is 19.4. The summed E-state index contributed by atoms with van der Waals surface area (Å²) in [7, 11) is 1.53. The molecule has 3 aromatic rings. The van der Waals surface area contributed by atoms with E-state index in [1.165, 1.54) is 19.2 Å². The second-order valence-corrected chi connectivity index (χ2v) is 5.50. The van der Waals surface area contributed by atoms with Crippen molar-refractivity contribution in [3.05, 3.63) is 54.1 Å². The number of amides is 1. The number of nitrogens with one attached hydrogen (secondary N) is 1. The molecule has 0 saturated heterocycles. The second-order valence-electron chi connectivity index (χ2n) is 5.50. The molecule has 1 heterocycles. The number of nitrogens with zero attached hydrogens (tertiary/aromatic N) is 2. The highest BCUT2D eigenvalue weighted by Crippen LogP contribution is 2.30. The number of carbonyl (C=O) groups is 1. The Balaban J connectivity index is 1.57. The summed E-state index contributed by atoms with van der Waals surface area (Å²) >= 11 is 0. The molecule has 2 aromatic carbocycles. The van der Waals surface area contributed by atoms with E-state index < -0.39 is 17.6 Å². The van der Waals surface area contributed by atoms with Crippen molar-refractivity contribution >= 4 is 11.9 Å². The van der Waals surface area contributed by atoms with Crippen LogP contribution in [0.4, 0.5) is 19.2 Å². The van der Waals surface area contributed by atoms with E-state index in [1.54, 1.807) is 24.3 Å². The summed E-state index contributed by atoms with van der Waals surface area (Å²) in [5.74, 6) is 0.545. The maximum Gasteiger partial charge on any atom is 0.416 e. The van der Waals surface area contributed by atoms with Gasteiger partial charge >= 0.3 is 12.2 Å². The van der Waals surface area contributed by atoms with Crippen molar-refractivity contribution in [3.8, 4) is 23.0 Å². The summed E-state index contributed by atoms with van der Waals surface area (Å²) in [6, 6.07) is 10.7. The lowest BCUT2D eigenvalue weighted by molar-refractivity contribution is -0.137. The molecule has 146 valence electrons. The third-order valence-corrected chi connectivity index (χ3v) is 3.56. The van der Waals surface area contributed by atoms with Gasteiger partial charge in [-0.05, 0) is 48.5 Å². The van der Waals surface area contributed by atoms with Crippen molar-refractivity contribution in [2.24, 2.45) is 0 Å². The molecule has 0 atom stereocenters. The van der Waals surface area contributed by atoms with E-state index in [-0.39, 0.29) is 24.1 Å². The average molecular weight is 393 g/mol. The molecule has 0 bridgehead atoms. The number of methoxy groups -OCH3 is 1. The third kappa shape index (κ3) is 4.78. The molecule has 0 saturated carbocycles. The molecule has 0 radical (unpaired) electrons. The molecule has 1 aromatic heterocycles. The molecule has 10 heteroatoms. The molecule has 0 unspecified atom stereocenters. The van der Waals surface area contributed by atoms with E-state index in [0.717, 1.165) is 12.1 Å². The predicted octanol–water partition coefficient (Wildman–Crippen LogP) is 3.78. The van der Waals surface area contributed by atoms with Crippen molar-refractivity contribution in [2.75, 3.05) is 19.0 Å². The molecule has 7 nitrogen and oxygen atoms in total. The molecule has 0 aliphatic heterocycles. The first-order chi connectivity index (χ1) is 13.3. The van der Waals surface area contributed by atoms with Crippen LogP contribution in [0.3, 0.4) is 0 Å². The van der Waals surface area contributed by atoms with Crippen LogP contribution in [0, 0.1) is 0 Å². The van der Waals surface area contributed by atoms with Gasteiger partial charge in [0.1, 0.15) is 11.5 Å². The number of aromatic nitrogens is 2. The summed E-state index contributed by atoms with van der Waals surface area (Å²) in [4.78, 5) is 11.9. The van der Waals surface area contributed by atoms with E-state index in [0.29, 0.717) is 11.5 Å². The van der Waals surface area contributed by atoms with Gasteiger partial charge in [-0.2, -0.15) is 13.2 Å². The summed E-state index contributed by atoms with van der Waals surface area (Å²) < 4.78 is 53.3. The van der Waals surface area contributed by atoms with Gasteiger partial charge < -0.3 is 13.9 Å².